The molecular formula is C29H44O5. The Kier molecular flexibility index (Phi) is 5.37. The third-order valence-electron chi connectivity index (χ3n) is 12.1. The zero-order valence-electron chi connectivity index (χ0n) is 21.8. The van der Waals surface area contributed by atoms with Gasteiger partial charge in [-0.2, -0.15) is 0 Å². The first-order chi connectivity index (χ1) is 16.1. The second-order valence-corrected chi connectivity index (χ2v) is 13.5. The lowest BCUT2D eigenvalue weighted by atomic mass is 9.44. The van der Waals surface area contributed by atoms with Gasteiger partial charge in [-0.05, 0) is 80.0 Å². The Morgan fingerprint density at radius 2 is 1.82 bits per heavy atom. The average Bonchev–Trinajstić information content (AvgIpc) is 3.23. The Bertz CT molecular complexity index is 861. The van der Waals surface area contributed by atoms with Crippen LogP contribution in [0.1, 0.15) is 92.4 Å². The summed E-state index contributed by atoms with van der Waals surface area (Å²) in [6.07, 6.45) is 9.47. The van der Waals surface area contributed by atoms with E-state index in [9.17, 15) is 9.59 Å². The van der Waals surface area contributed by atoms with E-state index in [0.29, 0.717) is 35.4 Å². The van der Waals surface area contributed by atoms with E-state index in [0.717, 1.165) is 51.6 Å². The first kappa shape index (κ1) is 23.5. The van der Waals surface area contributed by atoms with Gasteiger partial charge in [0.15, 0.2) is 5.79 Å². The van der Waals surface area contributed by atoms with E-state index in [1.54, 1.807) is 0 Å². The number of hydrogen-bond donors (Lipinski definition) is 0. The van der Waals surface area contributed by atoms with Crippen LogP contribution in [0.4, 0.5) is 0 Å². The number of carbonyl (C=O) groups excluding carboxylic acids is 2. The van der Waals surface area contributed by atoms with Crippen molar-refractivity contribution in [3.63, 3.8) is 0 Å². The van der Waals surface area contributed by atoms with E-state index in [-0.39, 0.29) is 40.8 Å². The molecule has 6 fully saturated rings. The predicted octanol–water partition coefficient (Wildman–Crippen LogP) is 5.54. The molecule has 0 aromatic rings. The van der Waals surface area contributed by atoms with Gasteiger partial charge in [0.2, 0.25) is 0 Å². The van der Waals surface area contributed by atoms with Crippen LogP contribution in [0.25, 0.3) is 0 Å². The summed E-state index contributed by atoms with van der Waals surface area (Å²) in [4.78, 5) is 25.7. The highest BCUT2D eigenvalue weighted by atomic mass is 16.7. The smallest absolute Gasteiger partial charge is 0.302 e. The minimum absolute atomic E-state index is 0.0613. The molecule has 0 aromatic heterocycles. The van der Waals surface area contributed by atoms with E-state index < -0.39 is 5.79 Å². The highest BCUT2D eigenvalue weighted by Crippen LogP contribution is 2.70. The molecule has 190 valence electrons. The summed E-state index contributed by atoms with van der Waals surface area (Å²) < 4.78 is 18.8. The zero-order chi connectivity index (χ0) is 24.0. The lowest BCUT2D eigenvalue weighted by molar-refractivity contribution is -0.272. The third kappa shape index (κ3) is 3.11. The zero-order valence-corrected chi connectivity index (χ0v) is 21.8. The molecule has 0 radical (unpaired) electrons. The number of rotatable bonds is 1. The summed E-state index contributed by atoms with van der Waals surface area (Å²) in [5.41, 5.74) is -0.0934. The second-order valence-electron chi connectivity index (χ2n) is 13.5. The summed E-state index contributed by atoms with van der Waals surface area (Å²) >= 11 is 0. The van der Waals surface area contributed by atoms with Crippen molar-refractivity contribution >= 4 is 11.8 Å². The number of carbonyl (C=O) groups is 2. The second kappa shape index (κ2) is 7.78. The van der Waals surface area contributed by atoms with Crippen molar-refractivity contribution in [2.45, 2.75) is 110 Å². The van der Waals surface area contributed by atoms with E-state index in [4.69, 9.17) is 14.2 Å². The van der Waals surface area contributed by atoms with E-state index >= 15 is 0 Å². The van der Waals surface area contributed by atoms with Crippen LogP contribution < -0.4 is 0 Å². The fourth-order valence-corrected chi connectivity index (χ4v) is 10.3. The Morgan fingerprint density at radius 1 is 1.03 bits per heavy atom. The highest BCUT2D eigenvalue weighted by Gasteiger charge is 2.71. The number of ether oxygens (including phenoxy) is 3. The Hall–Kier alpha value is -0.940. The summed E-state index contributed by atoms with van der Waals surface area (Å²) in [6, 6.07) is 0. The summed E-state index contributed by atoms with van der Waals surface area (Å²) in [6.45, 7) is 11.6. The molecule has 5 heteroatoms. The molecule has 0 bridgehead atoms. The summed E-state index contributed by atoms with van der Waals surface area (Å²) in [5.74, 6) is 3.07. The molecule has 1 spiro atoms. The monoisotopic (exact) mass is 472 g/mol. The standard InChI is InChI=1S/C29H44O5/c1-16-8-11-29(32-15-16)17(2)26-24(34-29)13-23-21-7-6-19-12-20(33-18(3)30)9-10-27(19,4)22(21)14-25(31)28(23,26)5/h16-17,19-24,26H,6-15H2,1-5H3/t16-,17-,19+,20+,21-,22+,23+,24+,26+,27+,28-,29-/m1/s1. The van der Waals surface area contributed by atoms with Gasteiger partial charge in [0.05, 0.1) is 12.7 Å². The molecule has 0 N–H and O–H groups in total. The number of Topliss-reactive ketones (excluding diaryl/α,β-unsaturated/α-hetero) is 1. The molecule has 4 aliphatic carbocycles. The Labute approximate surface area is 205 Å². The maximum Gasteiger partial charge on any atom is 0.302 e. The van der Waals surface area contributed by atoms with Crippen molar-refractivity contribution in [1.82, 2.24) is 0 Å². The van der Waals surface area contributed by atoms with Crippen molar-refractivity contribution in [2.24, 2.45) is 52.3 Å². The van der Waals surface area contributed by atoms with Crippen molar-refractivity contribution in [2.75, 3.05) is 6.61 Å². The summed E-state index contributed by atoms with van der Waals surface area (Å²) in [5, 5.41) is 0. The first-order valence-electron chi connectivity index (χ1n) is 14.1. The number of fused-ring (bicyclic) bond motifs is 7. The van der Waals surface area contributed by atoms with Crippen LogP contribution in [0.5, 0.6) is 0 Å². The van der Waals surface area contributed by atoms with Gasteiger partial charge in [0.1, 0.15) is 11.9 Å². The van der Waals surface area contributed by atoms with E-state index in [2.05, 4.69) is 27.7 Å². The van der Waals surface area contributed by atoms with Crippen LogP contribution >= 0.6 is 0 Å². The fourth-order valence-electron chi connectivity index (χ4n) is 10.3. The topological polar surface area (TPSA) is 61.8 Å². The molecular weight excluding hydrogens is 428 g/mol. The fraction of sp³-hybridized carbons (Fsp3) is 0.931. The number of esters is 1. The van der Waals surface area contributed by atoms with Crippen molar-refractivity contribution in [1.29, 1.82) is 0 Å². The molecule has 34 heavy (non-hydrogen) atoms. The van der Waals surface area contributed by atoms with Gasteiger partial charge in [-0.25, -0.2) is 0 Å². The largest absolute Gasteiger partial charge is 0.463 e. The van der Waals surface area contributed by atoms with Crippen LogP contribution in [0, 0.1) is 52.3 Å². The molecule has 0 aromatic carbocycles. The lowest BCUT2D eigenvalue weighted by Gasteiger charge is -2.60. The molecule has 6 aliphatic rings. The number of ketones is 1. The molecule has 2 aliphatic heterocycles. The average molecular weight is 473 g/mol. The molecule has 2 heterocycles. The van der Waals surface area contributed by atoms with Crippen molar-refractivity contribution in [3.05, 3.63) is 0 Å². The van der Waals surface area contributed by atoms with Gasteiger partial charge < -0.3 is 14.2 Å². The van der Waals surface area contributed by atoms with Crippen molar-refractivity contribution in [3.8, 4) is 0 Å². The number of hydrogen-bond acceptors (Lipinski definition) is 5. The van der Waals surface area contributed by atoms with Crippen LogP contribution in [-0.2, 0) is 23.8 Å². The van der Waals surface area contributed by atoms with E-state index in [1.165, 1.54) is 19.8 Å². The molecule has 6 rings (SSSR count). The molecule has 12 atom stereocenters. The molecule has 2 saturated heterocycles. The quantitative estimate of drug-likeness (QED) is 0.469. The first-order valence-corrected chi connectivity index (χ1v) is 14.1. The van der Waals surface area contributed by atoms with Gasteiger partial charge in [-0.3, -0.25) is 9.59 Å². The van der Waals surface area contributed by atoms with Crippen LogP contribution in [0.15, 0.2) is 0 Å². The van der Waals surface area contributed by atoms with Crippen LogP contribution in [-0.4, -0.2) is 36.4 Å². The minimum atomic E-state index is -0.467. The van der Waals surface area contributed by atoms with Gasteiger partial charge in [-0.15, -0.1) is 0 Å². The van der Waals surface area contributed by atoms with Crippen LogP contribution in [0.3, 0.4) is 0 Å². The molecule has 4 saturated carbocycles. The maximum atomic E-state index is 14.1. The van der Waals surface area contributed by atoms with Crippen LogP contribution in [0.2, 0.25) is 0 Å². The van der Waals surface area contributed by atoms with E-state index in [1.807, 2.05) is 0 Å². The third-order valence-corrected chi connectivity index (χ3v) is 12.1. The highest BCUT2D eigenvalue weighted by molar-refractivity contribution is 5.87. The summed E-state index contributed by atoms with van der Waals surface area (Å²) in [7, 11) is 0. The van der Waals surface area contributed by atoms with Gasteiger partial charge in [0, 0.05) is 37.0 Å². The lowest BCUT2D eigenvalue weighted by Crippen LogP contribution is -2.58. The predicted molar refractivity (Wildman–Crippen MR) is 128 cm³/mol. The van der Waals surface area contributed by atoms with Gasteiger partial charge in [0.25, 0.3) is 0 Å². The minimum Gasteiger partial charge on any atom is -0.463 e. The van der Waals surface area contributed by atoms with Crippen molar-refractivity contribution < 1.29 is 23.8 Å². The Morgan fingerprint density at radius 3 is 2.53 bits per heavy atom. The molecule has 0 amide bonds. The Balaban J connectivity index is 1.25. The maximum absolute atomic E-state index is 14.1. The van der Waals surface area contributed by atoms with Gasteiger partial charge >= 0.3 is 5.97 Å². The molecule has 5 nitrogen and oxygen atoms in total. The van der Waals surface area contributed by atoms with Gasteiger partial charge in [-0.1, -0.05) is 27.7 Å². The SMILES string of the molecule is CC(=O)O[C@H]1CC[C@@]2(C)[C@@H](CC[C@@H]3[C@@H]2CC(=O)[C@]2(C)[C@@H]4[C@H](C[C@@H]32)O[C@]2(CC[C@@H](C)CO2)[C@@H]4C)C1. The molecule has 0 unspecified atom stereocenters. The normalized spacial score (nSPS) is 56.4.